The van der Waals surface area contributed by atoms with Crippen molar-refractivity contribution in [3.63, 3.8) is 0 Å². The molecule has 1 unspecified atom stereocenters. The molecule has 2 rings (SSSR count). The van der Waals surface area contributed by atoms with Crippen molar-refractivity contribution >= 4 is 11.8 Å². The second-order valence-corrected chi connectivity index (χ2v) is 4.24. The van der Waals surface area contributed by atoms with Crippen molar-refractivity contribution in [3.05, 3.63) is 18.2 Å². The van der Waals surface area contributed by atoms with Crippen molar-refractivity contribution in [1.82, 2.24) is 20.2 Å². The van der Waals surface area contributed by atoms with Gasteiger partial charge in [0.2, 0.25) is 5.91 Å². The lowest BCUT2D eigenvalue weighted by molar-refractivity contribution is -0.122. The zero-order chi connectivity index (χ0) is 12.3. The highest BCUT2D eigenvalue weighted by atomic mass is 16.2. The van der Waals surface area contributed by atoms with E-state index in [9.17, 15) is 9.59 Å². The van der Waals surface area contributed by atoms with Crippen LogP contribution in [0.2, 0.25) is 0 Å². The van der Waals surface area contributed by atoms with Crippen LogP contribution in [-0.2, 0) is 11.8 Å². The molecule has 2 N–H and O–H groups in total. The molecule has 0 bridgehead atoms. The molecule has 0 saturated carbocycles. The van der Waals surface area contributed by atoms with Gasteiger partial charge >= 0.3 is 0 Å². The van der Waals surface area contributed by atoms with Crippen LogP contribution in [0, 0.1) is 0 Å². The Hall–Kier alpha value is -1.85. The summed E-state index contributed by atoms with van der Waals surface area (Å²) in [6, 6.07) is -0.438. The Kier molecular flexibility index (Phi) is 3.41. The fourth-order valence-corrected chi connectivity index (χ4v) is 1.84. The molecule has 1 fully saturated rings. The summed E-state index contributed by atoms with van der Waals surface area (Å²) >= 11 is 0. The van der Waals surface area contributed by atoms with Crippen molar-refractivity contribution < 1.29 is 9.59 Å². The molecule has 2 amide bonds. The first kappa shape index (κ1) is 11.6. The standard InChI is InChI=1S/C11H16N4O2/c1-15-6-9(13-7-15)11(17)14-8-4-2-3-5-12-10(8)16/h6-8H,2-5H2,1H3,(H,12,16)(H,14,17). The number of aromatic nitrogens is 2. The summed E-state index contributed by atoms with van der Waals surface area (Å²) in [5.41, 5.74) is 0.338. The van der Waals surface area contributed by atoms with Crippen LogP contribution < -0.4 is 10.6 Å². The van der Waals surface area contributed by atoms with Crippen LogP contribution in [0.3, 0.4) is 0 Å². The highest BCUT2D eigenvalue weighted by Gasteiger charge is 2.23. The number of hydrogen-bond donors (Lipinski definition) is 2. The molecule has 6 heteroatoms. The summed E-state index contributed by atoms with van der Waals surface area (Å²) in [5.74, 6) is -0.403. The highest BCUT2D eigenvalue weighted by molar-refractivity contribution is 5.96. The van der Waals surface area contributed by atoms with Gasteiger partial charge in [-0.05, 0) is 19.3 Å². The topological polar surface area (TPSA) is 76.0 Å². The number of hydrogen-bond acceptors (Lipinski definition) is 3. The molecule has 1 aliphatic rings. The van der Waals surface area contributed by atoms with E-state index in [1.165, 1.54) is 0 Å². The maximum absolute atomic E-state index is 11.8. The third-order valence-electron chi connectivity index (χ3n) is 2.78. The maximum Gasteiger partial charge on any atom is 0.272 e. The number of carbonyl (C=O) groups excluding carboxylic acids is 2. The van der Waals surface area contributed by atoms with E-state index in [0.717, 1.165) is 12.8 Å². The Bertz CT molecular complexity index is 427. The minimum atomic E-state index is -0.438. The summed E-state index contributed by atoms with van der Waals surface area (Å²) in [5, 5.41) is 5.49. The predicted octanol–water partition coefficient (Wildman–Crippen LogP) is -0.181. The molecule has 1 aromatic rings. The number of carbonyl (C=O) groups is 2. The Morgan fingerprint density at radius 3 is 3.12 bits per heavy atom. The largest absolute Gasteiger partial charge is 0.354 e. The Morgan fingerprint density at radius 2 is 2.41 bits per heavy atom. The zero-order valence-electron chi connectivity index (χ0n) is 9.77. The first-order valence-electron chi connectivity index (χ1n) is 5.73. The van der Waals surface area contributed by atoms with Gasteiger partial charge in [0.1, 0.15) is 11.7 Å². The molecule has 0 spiro atoms. The number of rotatable bonds is 2. The van der Waals surface area contributed by atoms with Crippen molar-refractivity contribution in [2.75, 3.05) is 6.54 Å². The van der Waals surface area contributed by atoms with Crippen LogP contribution in [-0.4, -0.2) is 34.0 Å². The van der Waals surface area contributed by atoms with Crippen LogP contribution >= 0.6 is 0 Å². The van der Waals surface area contributed by atoms with Crippen molar-refractivity contribution in [1.29, 1.82) is 0 Å². The van der Waals surface area contributed by atoms with E-state index in [1.807, 2.05) is 0 Å². The first-order chi connectivity index (χ1) is 8.16. The van der Waals surface area contributed by atoms with E-state index < -0.39 is 6.04 Å². The van der Waals surface area contributed by atoms with Gasteiger partial charge in [-0.15, -0.1) is 0 Å². The fourth-order valence-electron chi connectivity index (χ4n) is 1.84. The molecule has 92 valence electrons. The van der Waals surface area contributed by atoms with E-state index >= 15 is 0 Å². The number of amides is 2. The molecule has 17 heavy (non-hydrogen) atoms. The summed E-state index contributed by atoms with van der Waals surface area (Å²) < 4.78 is 1.70. The fraction of sp³-hybridized carbons (Fsp3) is 0.545. The minimum Gasteiger partial charge on any atom is -0.354 e. The monoisotopic (exact) mass is 236 g/mol. The van der Waals surface area contributed by atoms with Crippen molar-refractivity contribution in [2.24, 2.45) is 7.05 Å². The molecule has 1 aromatic heterocycles. The van der Waals surface area contributed by atoms with Gasteiger partial charge in [-0.3, -0.25) is 9.59 Å². The van der Waals surface area contributed by atoms with Gasteiger partial charge in [-0.25, -0.2) is 4.98 Å². The van der Waals surface area contributed by atoms with E-state index in [4.69, 9.17) is 0 Å². The lowest BCUT2D eigenvalue weighted by atomic mass is 10.1. The molecule has 0 aromatic carbocycles. The molecule has 1 atom stereocenters. The number of aryl methyl sites for hydroxylation is 1. The van der Waals surface area contributed by atoms with Gasteiger partial charge in [0.25, 0.3) is 5.91 Å². The van der Waals surface area contributed by atoms with Crippen LogP contribution in [0.5, 0.6) is 0 Å². The molecule has 0 aliphatic carbocycles. The van der Waals surface area contributed by atoms with Gasteiger partial charge in [-0.1, -0.05) is 0 Å². The quantitative estimate of drug-likeness (QED) is 0.747. The molecule has 2 heterocycles. The third-order valence-corrected chi connectivity index (χ3v) is 2.78. The van der Waals surface area contributed by atoms with E-state index in [-0.39, 0.29) is 11.8 Å². The lowest BCUT2D eigenvalue weighted by Crippen LogP contribution is -2.45. The normalized spacial score (nSPS) is 20.5. The molecule has 1 saturated heterocycles. The van der Waals surface area contributed by atoms with E-state index in [0.29, 0.717) is 18.7 Å². The summed E-state index contributed by atoms with van der Waals surface area (Å²) in [4.78, 5) is 27.4. The molecule has 1 aliphatic heterocycles. The SMILES string of the molecule is Cn1cnc(C(=O)NC2CCCCNC2=O)c1. The molecular formula is C11H16N4O2. The second kappa shape index (κ2) is 4.99. The smallest absolute Gasteiger partial charge is 0.272 e. The van der Waals surface area contributed by atoms with Crippen molar-refractivity contribution in [2.45, 2.75) is 25.3 Å². The Balaban J connectivity index is 1.99. The highest BCUT2D eigenvalue weighted by Crippen LogP contribution is 2.06. The number of imidazole rings is 1. The Morgan fingerprint density at radius 1 is 1.59 bits per heavy atom. The Labute approximate surface area is 99.4 Å². The van der Waals surface area contributed by atoms with Crippen LogP contribution in [0.25, 0.3) is 0 Å². The van der Waals surface area contributed by atoms with Gasteiger partial charge in [0, 0.05) is 19.8 Å². The summed E-state index contributed by atoms with van der Waals surface area (Å²) in [6.07, 6.45) is 5.77. The minimum absolute atomic E-state index is 0.105. The first-order valence-corrected chi connectivity index (χ1v) is 5.73. The van der Waals surface area contributed by atoms with E-state index in [1.54, 1.807) is 24.1 Å². The number of nitrogens with zero attached hydrogens (tertiary/aromatic N) is 2. The third kappa shape index (κ3) is 2.83. The molecular weight excluding hydrogens is 220 g/mol. The second-order valence-electron chi connectivity index (χ2n) is 4.24. The lowest BCUT2D eigenvalue weighted by Gasteiger charge is -2.13. The maximum atomic E-state index is 11.8. The van der Waals surface area contributed by atoms with Gasteiger partial charge in [0.15, 0.2) is 0 Å². The van der Waals surface area contributed by atoms with Gasteiger partial charge in [-0.2, -0.15) is 0 Å². The average Bonchev–Trinajstić information content (AvgIpc) is 2.63. The van der Waals surface area contributed by atoms with Gasteiger partial charge < -0.3 is 15.2 Å². The van der Waals surface area contributed by atoms with Crippen LogP contribution in [0.15, 0.2) is 12.5 Å². The van der Waals surface area contributed by atoms with Gasteiger partial charge in [0.05, 0.1) is 6.33 Å². The summed E-state index contributed by atoms with van der Waals surface area (Å²) in [6.45, 7) is 0.689. The van der Waals surface area contributed by atoms with E-state index in [2.05, 4.69) is 15.6 Å². The average molecular weight is 236 g/mol. The van der Waals surface area contributed by atoms with Crippen LogP contribution in [0.1, 0.15) is 29.8 Å². The number of nitrogens with one attached hydrogen (secondary N) is 2. The van der Waals surface area contributed by atoms with Crippen LogP contribution in [0.4, 0.5) is 0 Å². The predicted molar refractivity (Wildman–Crippen MR) is 61.3 cm³/mol. The molecule has 0 radical (unpaired) electrons. The van der Waals surface area contributed by atoms with Crippen molar-refractivity contribution in [3.8, 4) is 0 Å². The zero-order valence-corrected chi connectivity index (χ0v) is 9.77. The molecule has 6 nitrogen and oxygen atoms in total. The summed E-state index contributed by atoms with van der Waals surface area (Å²) in [7, 11) is 1.79.